The zero-order chi connectivity index (χ0) is 44.5. The Bertz CT molecular complexity index is 7330. The Morgan fingerprint density at radius 2 is 0.320 bits per heavy atom. The van der Waals surface area contributed by atoms with Gasteiger partial charge in [-0.05, 0) is 324 Å². The average Bonchev–Trinajstić information content (AvgIpc) is 2.11. The number of rotatable bonds is 0. The Hall–Kier alpha value is -9.43. The third-order valence-electron chi connectivity index (χ3n) is 27.5. The maximum atomic E-state index is 15.6. The molecule has 1 heteroatoms. The highest BCUT2D eigenvalue weighted by Crippen LogP contribution is 2.98. The van der Waals surface area contributed by atoms with E-state index in [1.54, 1.807) is 313 Å². The van der Waals surface area contributed by atoms with Crippen LogP contribution < -0.4 is 0 Å². The second kappa shape index (κ2) is 6.17. The van der Waals surface area contributed by atoms with Crippen LogP contribution in [0.4, 0.5) is 0 Å². The van der Waals surface area contributed by atoms with Gasteiger partial charge in [-0.3, -0.25) is 4.79 Å². The molecule has 0 unspecified atom stereocenters. The number of hydrogen-bond acceptors (Lipinski definition) is 1. The summed E-state index contributed by atoms with van der Waals surface area (Å²) in [5.41, 5.74) is 9.70. The van der Waals surface area contributed by atoms with Crippen LogP contribution in [0.15, 0.2) is 48.5 Å². The summed E-state index contributed by atoms with van der Waals surface area (Å²) in [6, 6.07) is 18.4. The summed E-state index contributed by atoms with van der Waals surface area (Å²) in [5.74, 6) is 0.209. The molecule has 310 valence electrons. The maximum Gasteiger partial charge on any atom is 0.193 e. The number of ketones is 1. The van der Waals surface area contributed by atoms with Crippen LogP contribution in [0.5, 0.6) is 0 Å². The minimum Gasteiger partial charge on any atom is -0.289 e. The SMILES string of the molecule is O=C1c2ccccc2C2(c3ccccc31)C13c4c5c6c7c8c9c(c%10c%11c1c1c4c4c%12c5c5c6c6c8c8c%13c9c9c%10c%10c%11c%11c1c1c4c4c%12c%12c5c5c6c8c6c8c%13c9c9c%10c%10c%11c1c1c4c4c%12c5c6c5c8c9c%10c1c45)C723. The lowest BCUT2D eigenvalue weighted by Gasteiger charge is -2.33. The van der Waals surface area contributed by atoms with Gasteiger partial charge in [0.15, 0.2) is 5.78 Å². The second-order valence-corrected chi connectivity index (χ2v) is 27.4. The van der Waals surface area contributed by atoms with E-state index in [1.165, 1.54) is 11.1 Å². The average molecular weight is 913 g/mol. The van der Waals surface area contributed by atoms with E-state index >= 15 is 4.79 Å². The van der Waals surface area contributed by atoms with E-state index in [4.69, 9.17) is 0 Å². The van der Waals surface area contributed by atoms with Crippen molar-refractivity contribution in [1.29, 1.82) is 0 Å². The summed E-state index contributed by atoms with van der Waals surface area (Å²) in [5, 5.41) is 87.8. The molecule has 1 nitrogen and oxygen atoms in total. The Balaban J connectivity index is 1.13. The molecule has 30 aromatic rings. The molecule has 75 heavy (non-hydrogen) atoms. The van der Waals surface area contributed by atoms with E-state index in [2.05, 4.69) is 48.5 Å². The molecule has 0 radical (unpaired) electrons. The minimum atomic E-state index is -0.550. The fourth-order valence-electron chi connectivity index (χ4n) is 27.7. The van der Waals surface area contributed by atoms with Crippen LogP contribution in [-0.2, 0) is 16.2 Å². The zero-order valence-corrected chi connectivity index (χ0v) is 38.0. The number of carbonyl (C=O) groups excluding carboxylic acids is 1. The van der Waals surface area contributed by atoms with Crippen molar-refractivity contribution in [3.8, 4) is 0 Å². The van der Waals surface area contributed by atoms with Gasteiger partial charge in [-0.15, -0.1) is 0 Å². The van der Waals surface area contributed by atoms with Crippen LogP contribution in [0.25, 0.3) is 291 Å². The van der Waals surface area contributed by atoms with Crippen LogP contribution >= 0.6 is 0 Å². The molecule has 0 heterocycles. The first-order chi connectivity index (χ1) is 37.4. The lowest BCUT2D eigenvalue weighted by molar-refractivity contribution is 0.103. The Morgan fingerprint density at radius 3 is 0.493 bits per heavy atom. The summed E-state index contributed by atoms with van der Waals surface area (Å²) in [4.78, 5) is 15.6. The molecule has 0 amide bonds. The Morgan fingerprint density at radius 1 is 0.173 bits per heavy atom. The molecular weight excluding hydrogens is 905 g/mol. The quantitative estimate of drug-likeness (QED) is 0.139. The highest BCUT2D eigenvalue weighted by molar-refractivity contribution is 6.82. The monoisotopic (exact) mass is 912 g/mol. The first kappa shape index (κ1) is 27.6. The molecule has 6 aliphatic carbocycles. The van der Waals surface area contributed by atoms with Crippen LogP contribution in [-0.4, -0.2) is 5.78 Å². The summed E-state index contributed by atoms with van der Waals surface area (Å²) >= 11 is 0. The van der Waals surface area contributed by atoms with E-state index < -0.39 is 16.2 Å². The summed E-state index contributed by atoms with van der Waals surface area (Å²) < 4.78 is 0. The van der Waals surface area contributed by atoms with Gasteiger partial charge in [-0.2, -0.15) is 0 Å². The molecule has 0 aliphatic heterocycles. The van der Waals surface area contributed by atoms with E-state index in [1.807, 2.05) is 0 Å². The maximum absolute atomic E-state index is 15.6. The number of benzene rings is 20. The molecule has 0 aromatic heterocycles. The molecule has 6 aliphatic rings. The number of carbonyl (C=O) groups is 1. The van der Waals surface area contributed by atoms with E-state index in [-0.39, 0.29) is 5.78 Å². The molecule has 0 N–H and O–H groups in total. The highest BCUT2D eigenvalue weighted by atomic mass is 16.1. The second-order valence-electron chi connectivity index (χ2n) is 27.4. The van der Waals surface area contributed by atoms with Gasteiger partial charge in [0, 0.05) is 11.1 Å². The predicted molar refractivity (Wildman–Crippen MR) is 311 cm³/mol. The van der Waals surface area contributed by atoms with Crippen LogP contribution in [0.2, 0.25) is 0 Å². The van der Waals surface area contributed by atoms with Gasteiger partial charge in [0.05, 0.1) is 16.2 Å². The van der Waals surface area contributed by atoms with E-state index in [0.29, 0.717) is 0 Å². The molecule has 1 fully saturated rings. The Labute approximate surface area is 408 Å². The number of fused-ring (bicyclic) bond motifs is 4. The first-order valence-corrected chi connectivity index (χ1v) is 27.9. The molecule has 3 spiro atoms. The molecule has 1 saturated carbocycles. The predicted octanol–water partition coefficient (Wildman–Crippen LogP) is 18.8. The van der Waals surface area contributed by atoms with Gasteiger partial charge >= 0.3 is 0 Å². The molecule has 30 aromatic carbocycles. The summed E-state index contributed by atoms with van der Waals surface area (Å²) in [6.07, 6.45) is 0. The third-order valence-corrected chi connectivity index (χ3v) is 27.5. The van der Waals surface area contributed by atoms with Crippen molar-refractivity contribution in [2.24, 2.45) is 0 Å². The van der Waals surface area contributed by atoms with Gasteiger partial charge in [0.1, 0.15) is 0 Å². The van der Waals surface area contributed by atoms with Crippen molar-refractivity contribution in [2.45, 2.75) is 16.2 Å². The molecular formula is C74H8O. The lowest BCUT2D eigenvalue weighted by atomic mass is 9.67. The van der Waals surface area contributed by atoms with E-state index in [9.17, 15) is 0 Å². The smallest absolute Gasteiger partial charge is 0.193 e. The van der Waals surface area contributed by atoms with Crippen molar-refractivity contribution in [1.82, 2.24) is 0 Å². The van der Waals surface area contributed by atoms with Gasteiger partial charge in [0.25, 0.3) is 0 Å². The van der Waals surface area contributed by atoms with Gasteiger partial charge in [0.2, 0.25) is 0 Å². The van der Waals surface area contributed by atoms with Crippen molar-refractivity contribution >= 4 is 297 Å². The van der Waals surface area contributed by atoms with Crippen LogP contribution in [0, 0.1) is 0 Å². The molecule has 0 saturated heterocycles. The van der Waals surface area contributed by atoms with Gasteiger partial charge in [-0.25, -0.2) is 0 Å². The first-order valence-electron chi connectivity index (χ1n) is 27.9. The van der Waals surface area contributed by atoms with Crippen molar-refractivity contribution in [3.63, 3.8) is 0 Å². The van der Waals surface area contributed by atoms with Gasteiger partial charge < -0.3 is 0 Å². The van der Waals surface area contributed by atoms with E-state index in [0.717, 1.165) is 11.1 Å². The van der Waals surface area contributed by atoms with Crippen LogP contribution in [0.1, 0.15) is 49.3 Å². The fraction of sp³-hybridized carbons (Fsp3) is 0.0405. The zero-order valence-electron chi connectivity index (χ0n) is 38.0. The Kier molecular flexibility index (Phi) is 2.27. The summed E-state index contributed by atoms with van der Waals surface area (Å²) in [6.45, 7) is 0. The van der Waals surface area contributed by atoms with Crippen molar-refractivity contribution in [3.05, 3.63) is 93.0 Å². The van der Waals surface area contributed by atoms with Gasteiger partial charge in [-0.1, -0.05) is 48.5 Å². The topological polar surface area (TPSA) is 17.1 Å². The fourth-order valence-corrected chi connectivity index (χ4v) is 27.7. The lowest BCUT2D eigenvalue weighted by Crippen LogP contribution is -2.32. The largest absolute Gasteiger partial charge is 0.289 e. The van der Waals surface area contributed by atoms with Crippen molar-refractivity contribution in [2.75, 3.05) is 0 Å². The molecule has 36 rings (SSSR count). The molecule has 0 bridgehead atoms. The summed E-state index contributed by atoms with van der Waals surface area (Å²) in [7, 11) is 0. The van der Waals surface area contributed by atoms with Crippen molar-refractivity contribution < 1.29 is 4.79 Å². The molecule has 0 atom stereocenters. The third kappa shape index (κ3) is 1.42. The number of hydrogen-bond donors (Lipinski definition) is 0. The standard InChI is InChI=1S/C74H8O/c75-71-9-5-1-3-7-11(9)72(12-8-4-2-6-10(12)71)73-67-59-51-41-31-23-15-13-14-17-21-19(15)27-35-29(21)39-33-25(17)26-18(14)22-20-16(13)24(23)32-38-28(20)36-30(22)40-34(26)44-43(33)53-47(39)57-49(35)55(45(51)37(27)31)63(67)65(57)69-61(53)62-54(44)48(40)58-50(36)56-46(38)52(42(32)41)60(59)68(73)64(56)66(58)70(62)74(69,72)73/h1-8H. The normalized spacial score (nSPS) is 20.1. The highest BCUT2D eigenvalue weighted by Gasteiger charge is 2.96. The minimum absolute atomic E-state index is 0.209. The van der Waals surface area contributed by atoms with Crippen LogP contribution in [0.3, 0.4) is 0 Å².